The molecule has 1 aromatic rings. The minimum absolute atomic E-state index is 0.570. The first-order valence-electron chi connectivity index (χ1n) is 8.50. The van der Waals surface area contributed by atoms with Gasteiger partial charge in [-0.15, -0.1) is 0 Å². The first-order chi connectivity index (χ1) is 10.0. The van der Waals surface area contributed by atoms with Crippen LogP contribution in [0.2, 0.25) is 25.7 Å². The summed E-state index contributed by atoms with van der Waals surface area (Å²) in [7, 11) is -0.478. The first kappa shape index (κ1) is 15.5. The van der Waals surface area contributed by atoms with Crippen molar-refractivity contribution in [3.05, 3.63) is 30.3 Å². The molecule has 2 radical (unpaired) electrons. The molecule has 2 saturated carbocycles. The standard InChI is InChI=1S/C18H28OSi2/c1-21(2,3)19-18-15(12-14-8-7-11-17(14)18)13-20-16-9-5-4-6-10-16/h4-6,9-10,14-15,17-18H,7-8,11-13H2,1-3H3/t14-,15+,17+,18-/m0/s1. The van der Waals surface area contributed by atoms with Gasteiger partial charge in [-0.05, 0) is 50.2 Å². The second-order valence-corrected chi connectivity index (χ2v) is 13.6. The van der Waals surface area contributed by atoms with Gasteiger partial charge in [-0.25, -0.2) is 0 Å². The van der Waals surface area contributed by atoms with Crippen molar-refractivity contribution >= 4 is 23.0 Å². The van der Waals surface area contributed by atoms with Gasteiger partial charge in [0.05, 0.1) is 15.6 Å². The summed E-state index contributed by atoms with van der Waals surface area (Å²) in [6.07, 6.45) is 6.32. The molecular weight excluding hydrogens is 288 g/mol. The lowest BCUT2D eigenvalue weighted by molar-refractivity contribution is 0.112. The Morgan fingerprint density at radius 1 is 1.14 bits per heavy atom. The van der Waals surface area contributed by atoms with Crippen LogP contribution in [0.5, 0.6) is 0 Å². The third-order valence-corrected chi connectivity index (χ3v) is 7.49. The van der Waals surface area contributed by atoms with E-state index in [2.05, 4.69) is 50.0 Å². The predicted octanol–water partition coefficient (Wildman–Crippen LogP) is 4.09. The molecule has 0 aromatic heterocycles. The van der Waals surface area contributed by atoms with Crippen molar-refractivity contribution < 1.29 is 4.43 Å². The number of fused-ring (bicyclic) bond motifs is 1. The molecule has 0 spiro atoms. The highest BCUT2D eigenvalue weighted by Gasteiger charge is 2.46. The second kappa shape index (κ2) is 6.39. The average molecular weight is 317 g/mol. The SMILES string of the molecule is C[Si](C)(C)O[C@H]1[C@@H](C[Si]c2ccccc2)C[C@@H]2CCC[C@H]21. The Morgan fingerprint density at radius 3 is 2.62 bits per heavy atom. The molecule has 3 rings (SSSR count). The highest BCUT2D eigenvalue weighted by Crippen LogP contribution is 2.50. The van der Waals surface area contributed by atoms with E-state index < -0.39 is 8.32 Å². The Kier molecular flexibility index (Phi) is 4.72. The fraction of sp³-hybridized carbons (Fsp3) is 0.667. The van der Waals surface area contributed by atoms with Crippen LogP contribution in [-0.4, -0.2) is 23.9 Å². The number of rotatable bonds is 5. The molecule has 4 atom stereocenters. The first-order valence-corrected chi connectivity index (χ1v) is 13.1. The minimum atomic E-state index is -1.43. The van der Waals surface area contributed by atoms with Gasteiger partial charge in [0.1, 0.15) is 0 Å². The van der Waals surface area contributed by atoms with Gasteiger partial charge in [0.25, 0.3) is 0 Å². The molecule has 0 amide bonds. The Labute approximate surface area is 133 Å². The predicted molar refractivity (Wildman–Crippen MR) is 93.8 cm³/mol. The monoisotopic (exact) mass is 316 g/mol. The van der Waals surface area contributed by atoms with Crippen molar-refractivity contribution in [2.24, 2.45) is 17.8 Å². The van der Waals surface area contributed by atoms with Crippen LogP contribution < -0.4 is 5.19 Å². The zero-order chi connectivity index (χ0) is 14.9. The molecule has 0 unspecified atom stereocenters. The summed E-state index contributed by atoms with van der Waals surface area (Å²) in [5.41, 5.74) is 0. The summed E-state index contributed by atoms with van der Waals surface area (Å²) in [4.78, 5) is 0. The van der Waals surface area contributed by atoms with Gasteiger partial charge in [-0.2, -0.15) is 0 Å². The Balaban J connectivity index is 1.65. The van der Waals surface area contributed by atoms with Crippen molar-refractivity contribution in [2.75, 3.05) is 0 Å². The van der Waals surface area contributed by atoms with Crippen LogP contribution in [0.1, 0.15) is 25.7 Å². The van der Waals surface area contributed by atoms with Crippen LogP contribution in [-0.2, 0) is 4.43 Å². The van der Waals surface area contributed by atoms with Gasteiger partial charge >= 0.3 is 0 Å². The topological polar surface area (TPSA) is 9.23 Å². The van der Waals surface area contributed by atoms with E-state index in [1.54, 1.807) is 0 Å². The summed E-state index contributed by atoms with van der Waals surface area (Å²) in [6.45, 7) is 7.06. The highest BCUT2D eigenvalue weighted by molar-refractivity contribution is 6.69. The lowest BCUT2D eigenvalue weighted by atomic mass is 9.99. The Morgan fingerprint density at radius 2 is 1.90 bits per heavy atom. The van der Waals surface area contributed by atoms with Crippen LogP contribution >= 0.6 is 0 Å². The van der Waals surface area contributed by atoms with Crippen LogP contribution in [0.15, 0.2) is 30.3 Å². The van der Waals surface area contributed by atoms with E-state index in [9.17, 15) is 0 Å². The molecular formula is C18H28OSi2. The van der Waals surface area contributed by atoms with Crippen molar-refractivity contribution in [2.45, 2.75) is 57.5 Å². The molecule has 21 heavy (non-hydrogen) atoms. The largest absolute Gasteiger partial charge is 0.414 e. The molecule has 1 nitrogen and oxygen atoms in total. The smallest absolute Gasteiger partial charge is 0.184 e. The lowest BCUT2D eigenvalue weighted by Gasteiger charge is -2.31. The van der Waals surface area contributed by atoms with E-state index in [4.69, 9.17) is 4.43 Å². The summed E-state index contributed by atoms with van der Waals surface area (Å²) in [6, 6.07) is 12.4. The highest BCUT2D eigenvalue weighted by atomic mass is 28.4. The maximum atomic E-state index is 6.66. The van der Waals surface area contributed by atoms with Crippen molar-refractivity contribution in [3.8, 4) is 0 Å². The second-order valence-electron chi connectivity index (χ2n) is 7.79. The van der Waals surface area contributed by atoms with E-state index in [0.29, 0.717) is 6.10 Å². The van der Waals surface area contributed by atoms with Gasteiger partial charge in [0.2, 0.25) is 0 Å². The fourth-order valence-corrected chi connectivity index (χ4v) is 6.77. The fourth-order valence-electron chi connectivity index (χ4n) is 4.26. The zero-order valence-corrected chi connectivity index (χ0v) is 15.6. The van der Waals surface area contributed by atoms with Crippen molar-refractivity contribution in [1.29, 1.82) is 0 Å². The molecule has 1 aromatic carbocycles. The molecule has 0 saturated heterocycles. The van der Waals surface area contributed by atoms with Gasteiger partial charge in [-0.1, -0.05) is 54.4 Å². The molecule has 114 valence electrons. The lowest BCUT2D eigenvalue weighted by Crippen LogP contribution is -2.38. The third-order valence-electron chi connectivity index (χ3n) is 5.04. The van der Waals surface area contributed by atoms with Crippen molar-refractivity contribution in [3.63, 3.8) is 0 Å². The number of hydrogen-bond donors (Lipinski definition) is 0. The molecule has 3 heteroatoms. The van der Waals surface area contributed by atoms with E-state index in [1.165, 1.54) is 36.9 Å². The quantitative estimate of drug-likeness (QED) is 0.743. The summed E-state index contributed by atoms with van der Waals surface area (Å²) in [5.74, 6) is 2.66. The molecule has 2 aliphatic rings. The number of hydrogen-bond acceptors (Lipinski definition) is 1. The van der Waals surface area contributed by atoms with Gasteiger partial charge in [-0.3, -0.25) is 0 Å². The van der Waals surface area contributed by atoms with Gasteiger partial charge in [0.15, 0.2) is 8.32 Å². The molecule has 2 fully saturated rings. The van der Waals surface area contributed by atoms with E-state index in [0.717, 1.165) is 27.3 Å². The van der Waals surface area contributed by atoms with Crippen LogP contribution in [0.25, 0.3) is 0 Å². The van der Waals surface area contributed by atoms with Crippen molar-refractivity contribution in [1.82, 2.24) is 0 Å². The van der Waals surface area contributed by atoms with Gasteiger partial charge < -0.3 is 4.43 Å². The molecule has 0 N–H and O–H groups in total. The Hall–Kier alpha value is -0.386. The summed E-state index contributed by atoms with van der Waals surface area (Å²) in [5, 5.41) is 1.52. The van der Waals surface area contributed by atoms with E-state index >= 15 is 0 Å². The molecule has 0 heterocycles. The minimum Gasteiger partial charge on any atom is -0.414 e. The molecule has 0 aliphatic heterocycles. The Bertz CT molecular complexity index is 454. The van der Waals surface area contributed by atoms with Crippen LogP contribution in [0, 0.1) is 17.8 Å². The van der Waals surface area contributed by atoms with Crippen LogP contribution in [0.3, 0.4) is 0 Å². The summed E-state index contributed by atoms with van der Waals surface area (Å²) >= 11 is 0. The third kappa shape index (κ3) is 3.88. The van der Waals surface area contributed by atoms with Gasteiger partial charge in [0, 0.05) is 0 Å². The van der Waals surface area contributed by atoms with E-state index in [-0.39, 0.29) is 0 Å². The zero-order valence-electron chi connectivity index (χ0n) is 13.6. The maximum absolute atomic E-state index is 6.66. The molecule has 0 bridgehead atoms. The number of benzene rings is 1. The maximum Gasteiger partial charge on any atom is 0.184 e. The molecule has 2 aliphatic carbocycles. The van der Waals surface area contributed by atoms with Crippen LogP contribution in [0.4, 0.5) is 0 Å². The summed E-state index contributed by atoms with van der Waals surface area (Å²) < 4.78 is 6.66. The average Bonchev–Trinajstić information content (AvgIpc) is 2.99. The normalized spacial score (nSPS) is 32.3. The van der Waals surface area contributed by atoms with E-state index in [1.807, 2.05) is 0 Å².